The van der Waals surface area contributed by atoms with Crippen molar-refractivity contribution < 1.29 is 9.47 Å². The molecule has 1 unspecified atom stereocenters. The first-order valence-electron chi connectivity index (χ1n) is 5.26. The Morgan fingerprint density at radius 3 is 2.50 bits per heavy atom. The monoisotopic (exact) mass is 302 g/mol. The van der Waals surface area contributed by atoms with Gasteiger partial charge in [-0.05, 0) is 29.6 Å². The summed E-state index contributed by atoms with van der Waals surface area (Å²) in [7, 11) is 3.23. The largest absolute Gasteiger partial charge is 0.497 e. The van der Waals surface area contributed by atoms with E-state index in [1.54, 1.807) is 14.2 Å². The van der Waals surface area contributed by atoms with Crippen LogP contribution in [0.4, 0.5) is 0 Å². The van der Waals surface area contributed by atoms with Gasteiger partial charge >= 0.3 is 0 Å². The molecule has 1 heterocycles. The third-order valence-corrected chi connectivity index (χ3v) is 4.59. The van der Waals surface area contributed by atoms with Crippen LogP contribution < -0.4 is 9.47 Å². The summed E-state index contributed by atoms with van der Waals surface area (Å²) in [6.45, 7) is 0. The maximum atomic E-state index is 6.48. The number of methoxy groups -OCH3 is 2. The fourth-order valence-corrected chi connectivity index (χ4v) is 3.32. The number of hydrogen-bond donors (Lipinski definition) is 0. The van der Waals surface area contributed by atoms with Gasteiger partial charge in [-0.15, -0.1) is 22.9 Å². The zero-order chi connectivity index (χ0) is 13.1. The topological polar surface area (TPSA) is 18.5 Å². The lowest BCUT2D eigenvalue weighted by atomic mass is 10.1. The van der Waals surface area contributed by atoms with E-state index in [1.165, 1.54) is 11.3 Å². The average Bonchev–Trinajstić information content (AvgIpc) is 2.83. The highest BCUT2D eigenvalue weighted by atomic mass is 35.5. The molecule has 18 heavy (non-hydrogen) atoms. The number of halogens is 2. The lowest BCUT2D eigenvalue weighted by Gasteiger charge is -2.14. The summed E-state index contributed by atoms with van der Waals surface area (Å²) < 4.78 is 10.5. The van der Waals surface area contributed by atoms with Crippen LogP contribution in [0.2, 0.25) is 5.02 Å². The highest BCUT2D eigenvalue weighted by Crippen LogP contribution is 2.42. The Kier molecular flexibility index (Phi) is 4.38. The smallest absolute Gasteiger partial charge is 0.124 e. The molecule has 1 aromatic heterocycles. The Bertz CT molecular complexity index is 540. The average molecular weight is 303 g/mol. The van der Waals surface area contributed by atoms with E-state index in [2.05, 4.69) is 0 Å². The second kappa shape index (κ2) is 5.83. The predicted octanol–water partition coefficient (Wildman–Crippen LogP) is 4.75. The standard InChI is InChI=1S/C13H12Cl2O2S/c1-16-8-3-4-11(17-2)9(7-8)12(15)13-10(14)5-6-18-13/h3-7,12H,1-2H3. The highest BCUT2D eigenvalue weighted by molar-refractivity contribution is 7.11. The van der Waals surface area contributed by atoms with Crippen LogP contribution in [-0.2, 0) is 0 Å². The van der Waals surface area contributed by atoms with Gasteiger partial charge in [0.1, 0.15) is 11.5 Å². The Balaban J connectivity index is 2.45. The fraction of sp³-hybridized carbons (Fsp3) is 0.231. The maximum absolute atomic E-state index is 6.48. The summed E-state index contributed by atoms with van der Waals surface area (Å²) in [4.78, 5) is 0.907. The molecule has 0 spiro atoms. The third kappa shape index (κ3) is 2.58. The van der Waals surface area contributed by atoms with Crippen molar-refractivity contribution >= 4 is 34.5 Å². The molecular formula is C13H12Cl2O2S. The van der Waals surface area contributed by atoms with Crippen molar-refractivity contribution in [3.05, 3.63) is 45.1 Å². The van der Waals surface area contributed by atoms with Crippen LogP contribution in [0.25, 0.3) is 0 Å². The van der Waals surface area contributed by atoms with E-state index in [4.69, 9.17) is 32.7 Å². The number of hydrogen-bond acceptors (Lipinski definition) is 3. The molecule has 0 N–H and O–H groups in total. The van der Waals surface area contributed by atoms with Crippen molar-refractivity contribution in [2.24, 2.45) is 0 Å². The van der Waals surface area contributed by atoms with Crippen LogP contribution in [0, 0.1) is 0 Å². The van der Waals surface area contributed by atoms with Crippen molar-refractivity contribution in [1.82, 2.24) is 0 Å². The molecule has 0 fully saturated rings. The molecule has 0 saturated carbocycles. The molecule has 0 saturated heterocycles. The minimum atomic E-state index is -0.345. The van der Waals surface area contributed by atoms with Crippen LogP contribution in [0.1, 0.15) is 15.8 Å². The molecule has 5 heteroatoms. The third-order valence-electron chi connectivity index (χ3n) is 2.58. The molecule has 1 atom stereocenters. The number of benzene rings is 1. The molecular weight excluding hydrogens is 291 g/mol. The number of rotatable bonds is 4. The summed E-state index contributed by atoms with van der Waals surface area (Å²) in [5.74, 6) is 1.46. The molecule has 2 nitrogen and oxygen atoms in total. The first-order chi connectivity index (χ1) is 8.67. The minimum absolute atomic E-state index is 0.345. The van der Waals surface area contributed by atoms with E-state index in [9.17, 15) is 0 Å². The van der Waals surface area contributed by atoms with Crippen LogP contribution in [0.5, 0.6) is 11.5 Å². The van der Waals surface area contributed by atoms with Gasteiger partial charge in [-0.25, -0.2) is 0 Å². The Morgan fingerprint density at radius 1 is 1.17 bits per heavy atom. The molecule has 0 aliphatic carbocycles. The molecule has 2 rings (SSSR count). The van der Waals surface area contributed by atoms with Crippen molar-refractivity contribution in [3.63, 3.8) is 0 Å². The first kappa shape index (κ1) is 13.5. The van der Waals surface area contributed by atoms with Crippen LogP contribution in [0.15, 0.2) is 29.6 Å². The van der Waals surface area contributed by atoms with Crippen LogP contribution in [0.3, 0.4) is 0 Å². The van der Waals surface area contributed by atoms with E-state index >= 15 is 0 Å². The SMILES string of the molecule is COc1ccc(OC)c(C(Cl)c2sccc2Cl)c1. The van der Waals surface area contributed by atoms with Gasteiger partial charge < -0.3 is 9.47 Å². The second-order valence-corrected chi connectivity index (χ2v) is 5.39. The molecule has 0 radical (unpaired) electrons. The summed E-state index contributed by atoms with van der Waals surface area (Å²) >= 11 is 14.1. The van der Waals surface area contributed by atoms with Gasteiger partial charge in [0.2, 0.25) is 0 Å². The lowest BCUT2D eigenvalue weighted by Crippen LogP contribution is -1.97. The van der Waals surface area contributed by atoms with Crippen molar-refractivity contribution in [2.75, 3.05) is 14.2 Å². The molecule has 2 aromatic rings. The second-order valence-electron chi connectivity index (χ2n) is 3.60. The zero-order valence-electron chi connectivity index (χ0n) is 9.94. The van der Waals surface area contributed by atoms with Gasteiger partial charge in [0.25, 0.3) is 0 Å². The van der Waals surface area contributed by atoms with E-state index in [0.29, 0.717) is 5.02 Å². The predicted molar refractivity (Wildman–Crippen MR) is 76.6 cm³/mol. The Labute approximate surface area is 120 Å². The highest BCUT2D eigenvalue weighted by Gasteiger charge is 2.20. The lowest BCUT2D eigenvalue weighted by molar-refractivity contribution is 0.399. The van der Waals surface area contributed by atoms with Crippen molar-refractivity contribution in [2.45, 2.75) is 5.38 Å². The van der Waals surface area contributed by atoms with Crippen molar-refractivity contribution in [3.8, 4) is 11.5 Å². The van der Waals surface area contributed by atoms with E-state index in [1.807, 2.05) is 29.6 Å². The summed E-state index contributed by atoms with van der Waals surface area (Å²) in [6.07, 6.45) is 0. The molecule has 0 aliphatic rings. The van der Waals surface area contributed by atoms with Crippen LogP contribution >= 0.6 is 34.5 Å². The van der Waals surface area contributed by atoms with Gasteiger partial charge in [0.05, 0.1) is 24.6 Å². The summed E-state index contributed by atoms with van der Waals surface area (Å²) in [5.41, 5.74) is 0.850. The van der Waals surface area contributed by atoms with Gasteiger partial charge in [0, 0.05) is 10.4 Å². The summed E-state index contributed by atoms with van der Waals surface area (Å²) in [6, 6.07) is 7.38. The summed E-state index contributed by atoms with van der Waals surface area (Å²) in [5, 5.41) is 2.24. The number of ether oxygens (including phenoxy) is 2. The molecule has 0 aliphatic heterocycles. The zero-order valence-corrected chi connectivity index (χ0v) is 12.3. The maximum Gasteiger partial charge on any atom is 0.124 e. The van der Waals surface area contributed by atoms with Crippen molar-refractivity contribution in [1.29, 1.82) is 0 Å². The molecule has 0 bridgehead atoms. The minimum Gasteiger partial charge on any atom is -0.497 e. The molecule has 1 aromatic carbocycles. The van der Waals surface area contributed by atoms with Crippen LogP contribution in [-0.4, -0.2) is 14.2 Å². The molecule has 0 amide bonds. The quantitative estimate of drug-likeness (QED) is 0.759. The number of thiophene rings is 1. The van der Waals surface area contributed by atoms with Gasteiger partial charge in [-0.3, -0.25) is 0 Å². The normalized spacial score (nSPS) is 12.2. The van der Waals surface area contributed by atoms with E-state index < -0.39 is 0 Å². The number of alkyl halides is 1. The molecule has 96 valence electrons. The Morgan fingerprint density at radius 2 is 1.94 bits per heavy atom. The fourth-order valence-electron chi connectivity index (χ4n) is 1.66. The first-order valence-corrected chi connectivity index (χ1v) is 6.95. The van der Waals surface area contributed by atoms with Gasteiger partial charge in [-0.2, -0.15) is 0 Å². The van der Waals surface area contributed by atoms with E-state index in [-0.39, 0.29) is 5.38 Å². The van der Waals surface area contributed by atoms with E-state index in [0.717, 1.165) is 21.9 Å². The Hall–Kier alpha value is -0.900. The van der Waals surface area contributed by atoms with Gasteiger partial charge in [-0.1, -0.05) is 11.6 Å². The van der Waals surface area contributed by atoms with Gasteiger partial charge in [0.15, 0.2) is 0 Å².